The molecule has 1 unspecified atom stereocenters. The summed E-state index contributed by atoms with van der Waals surface area (Å²) < 4.78 is 0. The van der Waals surface area contributed by atoms with Crippen LogP contribution in [-0.4, -0.2) is 36.6 Å². The fraction of sp³-hybridized carbons (Fsp3) is 1.00. The van der Waals surface area contributed by atoms with Crippen molar-refractivity contribution in [3.63, 3.8) is 0 Å². The number of rotatable bonds is 5. The van der Waals surface area contributed by atoms with Gasteiger partial charge in [0.05, 0.1) is 0 Å². The third-order valence-electron chi connectivity index (χ3n) is 3.74. The van der Waals surface area contributed by atoms with Crippen molar-refractivity contribution in [3.8, 4) is 0 Å². The second kappa shape index (κ2) is 6.02. The Morgan fingerprint density at radius 1 is 1.38 bits per heavy atom. The lowest BCUT2D eigenvalue weighted by Gasteiger charge is -2.40. The molecule has 0 amide bonds. The molecule has 16 heavy (non-hydrogen) atoms. The zero-order valence-corrected chi connectivity index (χ0v) is 11.8. The highest BCUT2D eigenvalue weighted by atomic mass is 15.1. The molecule has 0 aliphatic carbocycles. The van der Waals surface area contributed by atoms with Crippen molar-refractivity contribution in [1.82, 2.24) is 10.2 Å². The average molecular weight is 226 g/mol. The van der Waals surface area contributed by atoms with Crippen LogP contribution in [0.15, 0.2) is 0 Å². The number of nitrogens with zero attached hydrogens (tertiary/aromatic N) is 1. The van der Waals surface area contributed by atoms with E-state index in [0.29, 0.717) is 5.54 Å². The molecule has 1 fully saturated rings. The highest BCUT2D eigenvalue weighted by Gasteiger charge is 2.29. The van der Waals surface area contributed by atoms with Crippen molar-refractivity contribution in [2.24, 2.45) is 5.92 Å². The van der Waals surface area contributed by atoms with Crippen LogP contribution in [0, 0.1) is 5.92 Å². The Kier molecular flexibility index (Phi) is 5.26. The van der Waals surface area contributed by atoms with Gasteiger partial charge in [0.25, 0.3) is 0 Å². The Labute approximate surface area is 102 Å². The van der Waals surface area contributed by atoms with Crippen LogP contribution in [-0.2, 0) is 0 Å². The summed E-state index contributed by atoms with van der Waals surface area (Å²) in [4.78, 5) is 2.57. The lowest BCUT2D eigenvalue weighted by molar-refractivity contribution is 0.141. The summed E-state index contributed by atoms with van der Waals surface area (Å²) in [6, 6.07) is 0.781. The van der Waals surface area contributed by atoms with Gasteiger partial charge in [-0.25, -0.2) is 0 Å². The molecule has 1 rings (SSSR count). The molecular formula is C14H30N2. The van der Waals surface area contributed by atoms with Gasteiger partial charge in [-0.2, -0.15) is 0 Å². The van der Waals surface area contributed by atoms with Crippen molar-refractivity contribution >= 4 is 0 Å². The van der Waals surface area contributed by atoms with E-state index in [1.165, 1.54) is 38.8 Å². The van der Waals surface area contributed by atoms with Gasteiger partial charge in [0.15, 0.2) is 0 Å². The Hall–Kier alpha value is -0.0800. The third kappa shape index (κ3) is 4.84. The topological polar surface area (TPSA) is 15.3 Å². The van der Waals surface area contributed by atoms with Crippen LogP contribution in [0.3, 0.4) is 0 Å². The molecule has 1 saturated heterocycles. The predicted octanol–water partition coefficient (Wildman–Crippen LogP) is 2.89. The SMILES string of the molecule is CC(C)CCCN(C)C1CCNC(C)(C)C1. The summed E-state index contributed by atoms with van der Waals surface area (Å²) in [5, 5.41) is 3.59. The first-order valence-corrected chi connectivity index (χ1v) is 6.86. The van der Waals surface area contributed by atoms with Gasteiger partial charge in [-0.15, -0.1) is 0 Å². The third-order valence-corrected chi connectivity index (χ3v) is 3.74. The Balaban J connectivity index is 2.27. The maximum Gasteiger partial charge on any atom is 0.0140 e. The average Bonchev–Trinajstić information content (AvgIpc) is 2.15. The minimum Gasteiger partial charge on any atom is -0.312 e. The molecule has 0 aromatic heterocycles. The molecule has 0 radical (unpaired) electrons. The van der Waals surface area contributed by atoms with Crippen LogP contribution >= 0.6 is 0 Å². The van der Waals surface area contributed by atoms with Crippen LogP contribution in [0.1, 0.15) is 53.4 Å². The molecule has 2 nitrogen and oxygen atoms in total. The Bertz CT molecular complexity index is 199. The quantitative estimate of drug-likeness (QED) is 0.775. The van der Waals surface area contributed by atoms with Crippen LogP contribution in [0.5, 0.6) is 0 Å². The van der Waals surface area contributed by atoms with Gasteiger partial charge in [0.1, 0.15) is 0 Å². The van der Waals surface area contributed by atoms with Gasteiger partial charge in [-0.3, -0.25) is 0 Å². The molecule has 96 valence electrons. The fourth-order valence-corrected chi connectivity index (χ4v) is 2.65. The molecule has 0 aromatic rings. The van der Waals surface area contributed by atoms with E-state index < -0.39 is 0 Å². The molecule has 1 aliphatic rings. The summed E-state index contributed by atoms with van der Waals surface area (Å²) in [7, 11) is 2.30. The zero-order chi connectivity index (χ0) is 12.2. The summed E-state index contributed by atoms with van der Waals surface area (Å²) in [5.74, 6) is 0.845. The summed E-state index contributed by atoms with van der Waals surface area (Å²) in [6.45, 7) is 11.7. The number of nitrogens with one attached hydrogen (secondary N) is 1. The highest BCUT2D eigenvalue weighted by molar-refractivity contribution is 4.89. The van der Waals surface area contributed by atoms with Gasteiger partial charge in [-0.1, -0.05) is 13.8 Å². The monoisotopic (exact) mass is 226 g/mol. The number of hydrogen-bond donors (Lipinski definition) is 1. The Morgan fingerprint density at radius 2 is 2.06 bits per heavy atom. The van der Waals surface area contributed by atoms with Gasteiger partial charge < -0.3 is 10.2 Å². The second-order valence-electron chi connectivity index (χ2n) is 6.47. The highest BCUT2D eigenvalue weighted by Crippen LogP contribution is 2.22. The summed E-state index contributed by atoms with van der Waals surface area (Å²) in [6.07, 6.45) is 5.30. The minimum absolute atomic E-state index is 0.329. The van der Waals surface area contributed by atoms with E-state index in [0.717, 1.165) is 12.0 Å². The molecule has 0 aromatic carbocycles. The van der Waals surface area contributed by atoms with Gasteiger partial charge in [-0.05, 0) is 65.6 Å². The van der Waals surface area contributed by atoms with E-state index >= 15 is 0 Å². The van der Waals surface area contributed by atoms with Crippen molar-refractivity contribution in [3.05, 3.63) is 0 Å². The minimum atomic E-state index is 0.329. The molecule has 1 heterocycles. The van der Waals surface area contributed by atoms with Crippen molar-refractivity contribution < 1.29 is 0 Å². The molecule has 0 bridgehead atoms. The van der Waals surface area contributed by atoms with Crippen LogP contribution in [0.4, 0.5) is 0 Å². The first-order chi connectivity index (χ1) is 7.41. The molecule has 0 saturated carbocycles. The number of hydrogen-bond acceptors (Lipinski definition) is 2. The van der Waals surface area contributed by atoms with Crippen molar-refractivity contribution in [2.45, 2.75) is 65.0 Å². The molecule has 1 atom stereocenters. The van der Waals surface area contributed by atoms with E-state index in [4.69, 9.17) is 0 Å². The standard InChI is InChI=1S/C14H30N2/c1-12(2)7-6-10-16(5)13-8-9-15-14(3,4)11-13/h12-13,15H,6-11H2,1-5H3. The maximum absolute atomic E-state index is 3.59. The van der Waals surface area contributed by atoms with Gasteiger partial charge >= 0.3 is 0 Å². The van der Waals surface area contributed by atoms with Crippen LogP contribution < -0.4 is 5.32 Å². The molecule has 1 N–H and O–H groups in total. The normalized spacial score (nSPS) is 25.3. The lowest BCUT2D eigenvalue weighted by Crippen LogP contribution is -2.52. The fourth-order valence-electron chi connectivity index (χ4n) is 2.65. The van der Waals surface area contributed by atoms with E-state index in [9.17, 15) is 0 Å². The Morgan fingerprint density at radius 3 is 2.62 bits per heavy atom. The van der Waals surface area contributed by atoms with E-state index in [2.05, 4.69) is 45.0 Å². The first kappa shape index (κ1) is 14.0. The molecule has 1 aliphatic heterocycles. The second-order valence-corrected chi connectivity index (χ2v) is 6.47. The van der Waals surface area contributed by atoms with E-state index in [1.807, 2.05) is 0 Å². The van der Waals surface area contributed by atoms with E-state index in [-0.39, 0.29) is 0 Å². The molecule has 2 heteroatoms. The smallest absolute Gasteiger partial charge is 0.0140 e. The zero-order valence-electron chi connectivity index (χ0n) is 11.8. The van der Waals surface area contributed by atoms with Crippen molar-refractivity contribution in [1.29, 1.82) is 0 Å². The van der Waals surface area contributed by atoms with Crippen LogP contribution in [0.25, 0.3) is 0 Å². The van der Waals surface area contributed by atoms with Gasteiger partial charge in [0.2, 0.25) is 0 Å². The maximum atomic E-state index is 3.59. The van der Waals surface area contributed by atoms with E-state index in [1.54, 1.807) is 0 Å². The summed E-state index contributed by atoms with van der Waals surface area (Å²) in [5.41, 5.74) is 0.329. The molecule has 0 spiro atoms. The van der Waals surface area contributed by atoms with Crippen molar-refractivity contribution in [2.75, 3.05) is 20.1 Å². The largest absolute Gasteiger partial charge is 0.312 e. The molecular weight excluding hydrogens is 196 g/mol. The summed E-state index contributed by atoms with van der Waals surface area (Å²) >= 11 is 0. The van der Waals surface area contributed by atoms with Crippen LogP contribution in [0.2, 0.25) is 0 Å². The predicted molar refractivity (Wildman–Crippen MR) is 71.8 cm³/mol. The van der Waals surface area contributed by atoms with Gasteiger partial charge in [0, 0.05) is 11.6 Å². The lowest BCUT2D eigenvalue weighted by atomic mass is 9.88. The number of piperidine rings is 1. The first-order valence-electron chi connectivity index (χ1n) is 6.86.